The van der Waals surface area contributed by atoms with Gasteiger partial charge in [-0.3, -0.25) is 9.78 Å². The Labute approximate surface area is 109 Å². The third-order valence-corrected chi connectivity index (χ3v) is 2.60. The average molecular weight is 260 g/mol. The molecule has 5 heteroatoms. The molecule has 0 aliphatic carbocycles. The maximum atomic E-state index is 12.9. The Morgan fingerprint density at radius 1 is 1.26 bits per heavy atom. The van der Waals surface area contributed by atoms with Gasteiger partial charge in [0.15, 0.2) is 0 Å². The molecule has 2 rings (SSSR count). The second-order valence-electron chi connectivity index (χ2n) is 4.06. The summed E-state index contributed by atoms with van der Waals surface area (Å²) in [5.74, 6) is -0.685. The lowest BCUT2D eigenvalue weighted by atomic mass is 10.1. The monoisotopic (exact) mass is 260 g/mol. The van der Waals surface area contributed by atoms with E-state index in [1.165, 1.54) is 6.20 Å². The molecular formula is C14H13FN2O2. The highest BCUT2D eigenvalue weighted by Crippen LogP contribution is 2.09. The number of aromatic nitrogens is 1. The Morgan fingerprint density at radius 2 is 2.00 bits per heavy atom. The lowest BCUT2D eigenvalue weighted by Crippen LogP contribution is -2.25. The highest BCUT2D eigenvalue weighted by atomic mass is 19.1. The predicted molar refractivity (Wildman–Crippen MR) is 68.3 cm³/mol. The molecule has 2 N–H and O–H groups in total. The fraction of sp³-hybridized carbons (Fsp3) is 0.143. The van der Waals surface area contributed by atoms with Gasteiger partial charge >= 0.3 is 0 Å². The van der Waals surface area contributed by atoms with Crippen molar-refractivity contribution in [1.29, 1.82) is 0 Å². The minimum absolute atomic E-state index is 0.200. The largest absolute Gasteiger partial charge is 0.508 e. The highest BCUT2D eigenvalue weighted by molar-refractivity contribution is 5.93. The summed E-state index contributed by atoms with van der Waals surface area (Å²) in [4.78, 5) is 15.3. The molecule has 0 saturated carbocycles. The number of carbonyl (C=O) groups is 1. The lowest BCUT2D eigenvalue weighted by molar-refractivity contribution is 0.0953. The second-order valence-corrected chi connectivity index (χ2v) is 4.06. The topological polar surface area (TPSA) is 62.2 Å². The van der Waals surface area contributed by atoms with Crippen LogP contribution in [0.4, 0.5) is 4.39 Å². The van der Waals surface area contributed by atoms with Crippen molar-refractivity contribution in [3.05, 3.63) is 59.7 Å². The van der Waals surface area contributed by atoms with Gasteiger partial charge in [-0.2, -0.15) is 0 Å². The number of aromatic hydroxyl groups is 1. The van der Waals surface area contributed by atoms with E-state index < -0.39 is 5.82 Å². The number of nitrogens with zero attached hydrogens (tertiary/aromatic N) is 1. The number of phenolic OH excluding ortho intramolecular Hbond substituents is 1. The zero-order valence-electron chi connectivity index (χ0n) is 10.1. The van der Waals surface area contributed by atoms with Crippen molar-refractivity contribution in [1.82, 2.24) is 10.3 Å². The van der Waals surface area contributed by atoms with Crippen molar-refractivity contribution in [3.63, 3.8) is 0 Å². The van der Waals surface area contributed by atoms with Crippen molar-refractivity contribution >= 4 is 5.91 Å². The first kappa shape index (κ1) is 13.0. The van der Waals surface area contributed by atoms with E-state index in [4.69, 9.17) is 5.11 Å². The average Bonchev–Trinajstić information content (AvgIpc) is 2.41. The fourth-order valence-corrected chi connectivity index (χ4v) is 1.62. The van der Waals surface area contributed by atoms with Gasteiger partial charge in [-0.05, 0) is 30.2 Å². The minimum Gasteiger partial charge on any atom is -0.508 e. The van der Waals surface area contributed by atoms with Gasteiger partial charge in [0.1, 0.15) is 11.6 Å². The number of carbonyl (C=O) groups excluding carboxylic acids is 1. The van der Waals surface area contributed by atoms with Gasteiger partial charge in [-0.1, -0.05) is 12.1 Å². The number of benzene rings is 1. The molecular weight excluding hydrogens is 247 g/mol. The van der Waals surface area contributed by atoms with E-state index in [-0.39, 0.29) is 17.2 Å². The first-order valence-corrected chi connectivity index (χ1v) is 5.82. The van der Waals surface area contributed by atoms with Crippen LogP contribution in [-0.4, -0.2) is 22.5 Å². The van der Waals surface area contributed by atoms with Crippen LogP contribution in [0.25, 0.3) is 0 Å². The van der Waals surface area contributed by atoms with Gasteiger partial charge in [0, 0.05) is 12.7 Å². The van der Waals surface area contributed by atoms with Gasteiger partial charge in [-0.15, -0.1) is 0 Å². The van der Waals surface area contributed by atoms with E-state index in [2.05, 4.69) is 10.3 Å². The zero-order chi connectivity index (χ0) is 13.7. The van der Waals surface area contributed by atoms with Crippen LogP contribution in [0.3, 0.4) is 0 Å². The van der Waals surface area contributed by atoms with Crippen LogP contribution >= 0.6 is 0 Å². The van der Waals surface area contributed by atoms with E-state index in [0.717, 1.165) is 17.8 Å². The predicted octanol–water partition coefficient (Wildman–Crippen LogP) is 1.90. The maximum absolute atomic E-state index is 12.9. The molecule has 0 spiro atoms. The number of hydrogen-bond donors (Lipinski definition) is 2. The normalized spacial score (nSPS) is 10.2. The Morgan fingerprint density at radius 3 is 2.68 bits per heavy atom. The van der Waals surface area contributed by atoms with Crippen LogP contribution in [-0.2, 0) is 6.42 Å². The number of amides is 1. The molecule has 0 unspecified atom stereocenters. The third kappa shape index (κ3) is 3.77. The number of hydrogen-bond acceptors (Lipinski definition) is 3. The van der Waals surface area contributed by atoms with Gasteiger partial charge in [0.2, 0.25) is 0 Å². The smallest absolute Gasteiger partial charge is 0.252 e. The van der Waals surface area contributed by atoms with Crippen molar-refractivity contribution < 1.29 is 14.3 Å². The molecule has 0 aliphatic heterocycles. The number of halogens is 1. The van der Waals surface area contributed by atoms with E-state index in [1.54, 1.807) is 24.3 Å². The highest BCUT2D eigenvalue weighted by Gasteiger charge is 2.06. The van der Waals surface area contributed by atoms with E-state index in [1.807, 2.05) is 0 Å². The van der Waals surface area contributed by atoms with E-state index in [9.17, 15) is 9.18 Å². The van der Waals surface area contributed by atoms with Gasteiger partial charge in [0.25, 0.3) is 5.91 Å². The molecule has 0 aliphatic rings. The van der Waals surface area contributed by atoms with Crippen molar-refractivity contribution in [2.75, 3.05) is 6.54 Å². The van der Waals surface area contributed by atoms with Gasteiger partial charge in [-0.25, -0.2) is 4.39 Å². The van der Waals surface area contributed by atoms with Crippen LogP contribution in [0.1, 0.15) is 15.9 Å². The standard InChI is InChI=1S/C14H13FN2O2/c15-12-7-11(8-16-9-12)14(19)17-6-5-10-1-3-13(18)4-2-10/h1-4,7-9,18H,5-6H2,(H,17,19). The van der Waals surface area contributed by atoms with E-state index >= 15 is 0 Å². The summed E-state index contributed by atoms with van der Waals surface area (Å²) in [5.41, 5.74) is 1.20. The van der Waals surface area contributed by atoms with Crippen molar-refractivity contribution in [2.45, 2.75) is 6.42 Å². The molecule has 0 bridgehead atoms. The number of rotatable bonds is 4. The Hall–Kier alpha value is -2.43. The summed E-state index contributed by atoms with van der Waals surface area (Å²) in [7, 11) is 0. The van der Waals surface area contributed by atoms with E-state index in [0.29, 0.717) is 13.0 Å². The fourth-order valence-electron chi connectivity index (χ4n) is 1.62. The summed E-state index contributed by atoms with van der Waals surface area (Å²) in [6, 6.07) is 7.89. The van der Waals surface area contributed by atoms with Crippen LogP contribution in [0, 0.1) is 5.82 Å². The number of nitrogens with one attached hydrogen (secondary N) is 1. The molecule has 0 saturated heterocycles. The zero-order valence-corrected chi connectivity index (χ0v) is 10.1. The Bertz CT molecular complexity index is 570. The van der Waals surface area contributed by atoms with Gasteiger partial charge in [0.05, 0.1) is 11.8 Å². The summed E-state index contributed by atoms with van der Waals surface area (Å²) < 4.78 is 12.9. The summed E-state index contributed by atoms with van der Waals surface area (Å²) in [6.45, 7) is 0.431. The molecule has 19 heavy (non-hydrogen) atoms. The van der Waals surface area contributed by atoms with Crippen LogP contribution in [0.15, 0.2) is 42.7 Å². The Balaban J connectivity index is 1.86. The molecule has 98 valence electrons. The summed E-state index contributed by atoms with van der Waals surface area (Å²) >= 11 is 0. The van der Waals surface area contributed by atoms with Gasteiger partial charge < -0.3 is 10.4 Å². The number of phenols is 1. The third-order valence-electron chi connectivity index (χ3n) is 2.60. The Kier molecular flexibility index (Phi) is 4.07. The molecule has 1 aromatic heterocycles. The SMILES string of the molecule is O=C(NCCc1ccc(O)cc1)c1cncc(F)c1. The van der Waals surface area contributed by atoms with Crippen LogP contribution in [0.2, 0.25) is 0 Å². The molecule has 4 nitrogen and oxygen atoms in total. The summed E-state index contributed by atoms with van der Waals surface area (Å²) in [6.07, 6.45) is 3.00. The second kappa shape index (κ2) is 5.95. The van der Waals surface area contributed by atoms with Crippen LogP contribution in [0.5, 0.6) is 5.75 Å². The maximum Gasteiger partial charge on any atom is 0.252 e. The molecule has 0 fully saturated rings. The number of pyridine rings is 1. The molecule has 1 heterocycles. The quantitative estimate of drug-likeness (QED) is 0.882. The molecule has 0 radical (unpaired) electrons. The van der Waals surface area contributed by atoms with Crippen molar-refractivity contribution in [2.24, 2.45) is 0 Å². The molecule has 1 aromatic carbocycles. The van der Waals surface area contributed by atoms with Crippen LogP contribution < -0.4 is 5.32 Å². The minimum atomic E-state index is -0.536. The summed E-state index contributed by atoms with van der Waals surface area (Å²) in [5, 5.41) is 11.8. The first-order chi connectivity index (χ1) is 9.15. The first-order valence-electron chi connectivity index (χ1n) is 5.82. The van der Waals surface area contributed by atoms with Crippen molar-refractivity contribution in [3.8, 4) is 5.75 Å². The molecule has 2 aromatic rings. The lowest BCUT2D eigenvalue weighted by Gasteiger charge is -2.05. The molecule has 0 atom stereocenters. The molecule has 1 amide bonds.